The van der Waals surface area contributed by atoms with Gasteiger partial charge in [-0.2, -0.15) is 8.62 Å². The second-order valence-electron chi connectivity index (χ2n) is 6.37. The molecule has 2 saturated heterocycles. The van der Waals surface area contributed by atoms with Gasteiger partial charge in [0.2, 0.25) is 5.91 Å². The zero-order chi connectivity index (χ0) is 23.6. The Hall–Kier alpha value is -1.54. The first-order chi connectivity index (χ1) is 14.1. The van der Waals surface area contributed by atoms with Gasteiger partial charge in [-0.15, -0.1) is 0 Å². The molecule has 0 spiro atoms. The highest BCUT2D eigenvalue weighted by Gasteiger charge is 2.45. The molecule has 0 aromatic rings. The van der Waals surface area contributed by atoms with Crippen molar-refractivity contribution in [1.29, 1.82) is 0 Å². The first-order valence-corrected chi connectivity index (χ1v) is 12.7. The van der Waals surface area contributed by atoms with Crippen LogP contribution in [0.2, 0.25) is 0 Å². The van der Waals surface area contributed by atoms with Crippen molar-refractivity contribution in [3.8, 4) is 0 Å². The van der Waals surface area contributed by atoms with Crippen molar-refractivity contribution in [1.82, 2.24) is 34.8 Å². The number of hydrogen-bond donors (Lipinski definition) is 9. The normalized spacial score (nSPS) is 27.3. The number of imide groups is 1. The highest BCUT2D eigenvalue weighted by Crippen LogP contribution is 2.66. The second kappa shape index (κ2) is 14.3. The molecule has 2 heterocycles. The third-order valence-corrected chi connectivity index (χ3v) is 7.78. The minimum atomic E-state index is -5.70. The van der Waals surface area contributed by atoms with E-state index in [0.717, 1.165) is 4.90 Å². The summed E-state index contributed by atoms with van der Waals surface area (Å²) in [5.41, 5.74) is 8.69. The zero-order valence-corrected chi connectivity index (χ0v) is 21.0. The lowest BCUT2D eigenvalue weighted by Crippen LogP contribution is -2.57. The van der Waals surface area contributed by atoms with E-state index in [2.05, 4.69) is 28.5 Å². The Balaban J connectivity index is -0.00000256. The Kier molecular flexibility index (Phi) is 15.5. The number of amides is 3. The van der Waals surface area contributed by atoms with E-state index in [-0.39, 0.29) is 37.6 Å². The predicted molar refractivity (Wildman–Crippen MR) is 116 cm³/mol. The van der Waals surface area contributed by atoms with Gasteiger partial charge in [-0.05, 0) is 5.53 Å². The third kappa shape index (κ3) is 11.4. The van der Waals surface area contributed by atoms with Gasteiger partial charge in [0.15, 0.2) is 0 Å². The molecule has 2 aliphatic heterocycles. The van der Waals surface area contributed by atoms with Crippen LogP contribution in [0.15, 0.2) is 5.11 Å². The molecule has 25 heteroatoms. The van der Waals surface area contributed by atoms with Gasteiger partial charge >= 0.3 is 29.5 Å². The smallest absolute Gasteiger partial charge is 0.352 e. The first kappa shape index (κ1) is 38.0. The van der Waals surface area contributed by atoms with Gasteiger partial charge in [-0.1, -0.05) is 12.0 Å². The van der Waals surface area contributed by atoms with Gasteiger partial charge in [0, 0.05) is 17.9 Å². The largest absolute Gasteiger partial charge is 0.490 e. The Bertz CT molecular complexity index is 927. The average Bonchev–Trinajstić information content (AvgIpc) is 2.96. The Labute approximate surface area is 198 Å². The summed E-state index contributed by atoms with van der Waals surface area (Å²) in [4.78, 5) is 63.0. The maximum atomic E-state index is 12.0. The van der Waals surface area contributed by atoms with E-state index in [1.54, 1.807) is 6.92 Å². The number of carbonyl (C=O) groups excluding carboxylic acids is 2. The molecule has 2 fully saturated rings. The maximum Gasteiger partial charge on any atom is 0.490 e. The summed E-state index contributed by atoms with van der Waals surface area (Å²) in [6.45, 7) is 0.691. The first-order valence-electron chi connectivity index (χ1n) is 8.22. The van der Waals surface area contributed by atoms with E-state index in [0.29, 0.717) is 0 Å². The standard InChI is InChI=1S/C10H18N5O13P3.4H3N/c1-5-3-15(10(17)12-9(5)16)8-2-6(13-14-11)7(26-8)4-25-30(21,22)28-31(23,24)27-29(18,19)20;;;;/h5-8H,2-4H2,1H3,(H,21,22)(H,23,24)(H,12,16,17)(H2,18,19,20);4*1H3/t5?,6-,7+,8+;;;;/m0..../s1. The summed E-state index contributed by atoms with van der Waals surface area (Å²) in [5.74, 6) is -1.05. The Morgan fingerprint density at radius 2 is 1.69 bits per heavy atom. The minimum absolute atomic E-state index is 0. The number of nitrogens with zero attached hydrogens (tertiary/aromatic N) is 4. The van der Waals surface area contributed by atoms with E-state index < -0.39 is 66.3 Å². The number of rotatable bonds is 9. The highest BCUT2D eigenvalue weighted by atomic mass is 31.3. The fourth-order valence-corrected chi connectivity index (χ4v) is 5.76. The van der Waals surface area contributed by atoms with Crippen LogP contribution in [0.25, 0.3) is 10.4 Å². The minimum Gasteiger partial charge on any atom is -0.352 e. The van der Waals surface area contributed by atoms with Crippen molar-refractivity contribution < 1.29 is 60.7 Å². The molecule has 2 rings (SSSR count). The number of azide groups is 1. The molecule has 2 aliphatic rings. The summed E-state index contributed by atoms with van der Waals surface area (Å²) >= 11 is 0. The number of phosphoric ester groups is 1. The topological polar surface area (TPSA) is 407 Å². The van der Waals surface area contributed by atoms with Crippen molar-refractivity contribution in [3.05, 3.63) is 10.4 Å². The fraction of sp³-hybridized carbons (Fsp3) is 0.800. The lowest BCUT2D eigenvalue weighted by Gasteiger charge is -2.34. The fourth-order valence-electron chi connectivity index (χ4n) is 2.73. The number of phosphoric acid groups is 3. The third-order valence-electron chi connectivity index (χ3n) is 3.98. The zero-order valence-electron chi connectivity index (χ0n) is 18.4. The van der Waals surface area contributed by atoms with Crippen molar-refractivity contribution in [2.75, 3.05) is 13.2 Å². The Morgan fingerprint density at radius 3 is 2.20 bits per heavy atom. The van der Waals surface area contributed by atoms with Crippen LogP contribution in [0.4, 0.5) is 4.79 Å². The molecule has 3 unspecified atom stereocenters. The van der Waals surface area contributed by atoms with Gasteiger partial charge in [-0.25, -0.2) is 18.5 Å². The summed E-state index contributed by atoms with van der Waals surface area (Å²) < 4.78 is 51.0. The summed E-state index contributed by atoms with van der Waals surface area (Å²) in [5, 5.41) is 5.55. The van der Waals surface area contributed by atoms with E-state index in [4.69, 9.17) is 24.9 Å². The van der Waals surface area contributed by atoms with Crippen LogP contribution in [0.3, 0.4) is 0 Å². The van der Waals surface area contributed by atoms with Crippen LogP contribution in [0.1, 0.15) is 13.3 Å². The monoisotopic (exact) mass is 577 g/mol. The molecule has 0 aromatic heterocycles. The molecule has 3 amide bonds. The van der Waals surface area contributed by atoms with E-state index in [1.165, 1.54) is 0 Å². The molecule has 0 radical (unpaired) electrons. The van der Waals surface area contributed by atoms with Gasteiger partial charge < -0.3 is 48.9 Å². The van der Waals surface area contributed by atoms with Gasteiger partial charge in [-0.3, -0.25) is 19.5 Å². The van der Waals surface area contributed by atoms with Crippen LogP contribution in [-0.4, -0.2) is 67.9 Å². The van der Waals surface area contributed by atoms with E-state index in [9.17, 15) is 28.2 Å². The molecule has 17 N–H and O–H groups in total. The molecule has 0 saturated carbocycles. The van der Waals surface area contributed by atoms with Crippen LogP contribution in [0.5, 0.6) is 0 Å². The summed E-state index contributed by atoms with van der Waals surface area (Å²) in [6.07, 6.45) is -2.30. The molecule has 0 aromatic carbocycles. The Morgan fingerprint density at radius 1 is 1.11 bits per heavy atom. The lowest BCUT2D eigenvalue weighted by atomic mass is 10.1. The molecular formula is C10H30N9O13P3. The molecule has 0 aliphatic carbocycles. The van der Waals surface area contributed by atoms with E-state index >= 15 is 0 Å². The maximum absolute atomic E-state index is 12.0. The summed E-state index contributed by atoms with van der Waals surface area (Å²) in [6, 6.07) is -1.77. The number of nitrogens with one attached hydrogen (secondary N) is 1. The second-order valence-corrected chi connectivity index (χ2v) is 10.8. The molecule has 22 nitrogen and oxygen atoms in total. The average molecular weight is 577 g/mol. The molecular weight excluding hydrogens is 547 g/mol. The van der Waals surface area contributed by atoms with Crippen LogP contribution in [0, 0.1) is 5.92 Å². The number of hydrogen-bond acceptors (Lipinski definition) is 14. The van der Waals surface area contributed by atoms with Crippen molar-refractivity contribution in [2.24, 2.45) is 11.0 Å². The van der Waals surface area contributed by atoms with Crippen molar-refractivity contribution >= 4 is 35.4 Å². The van der Waals surface area contributed by atoms with Gasteiger partial charge in [0.25, 0.3) is 0 Å². The number of ether oxygens (including phenoxy) is 1. The number of urea groups is 1. The van der Waals surface area contributed by atoms with Crippen LogP contribution in [-0.2, 0) is 36.4 Å². The van der Waals surface area contributed by atoms with Gasteiger partial charge in [0.05, 0.1) is 24.7 Å². The molecule has 6 atom stereocenters. The predicted octanol–water partition coefficient (Wildman–Crippen LogP) is 0.959. The van der Waals surface area contributed by atoms with Crippen molar-refractivity contribution in [3.63, 3.8) is 0 Å². The summed E-state index contributed by atoms with van der Waals surface area (Å²) in [7, 11) is -16.7. The van der Waals surface area contributed by atoms with E-state index in [1.807, 2.05) is 0 Å². The highest BCUT2D eigenvalue weighted by molar-refractivity contribution is 7.66. The van der Waals surface area contributed by atoms with Crippen LogP contribution < -0.4 is 29.9 Å². The quantitative estimate of drug-likeness (QED) is 0.0796. The van der Waals surface area contributed by atoms with Crippen LogP contribution >= 0.6 is 23.5 Å². The SMILES string of the molecule is CC1CN([C@H]2C[C@H](N=[N+]=[N-])[C@@H](COP(=O)(O)OP(=O)(O)OP(=O)(O)O)O2)C(=O)NC1=O.N.N.N.N. The lowest BCUT2D eigenvalue weighted by molar-refractivity contribution is -0.128. The van der Waals surface area contributed by atoms with Gasteiger partial charge in [0.1, 0.15) is 6.23 Å². The molecule has 0 bridgehead atoms. The molecule has 35 heavy (non-hydrogen) atoms. The molecule has 208 valence electrons. The van der Waals surface area contributed by atoms with Crippen molar-refractivity contribution in [2.45, 2.75) is 31.7 Å². The number of carbonyl (C=O) groups is 2.